The lowest BCUT2D eigenvalue weighted by atomic mass is 10.0. The average molecular weight is 406 g/mol. The quantitative estimate of drug-likeness (QED) is 0.633. The molecule has 1 aliphatic rings. The summed E-state index contributed by atoms with van der Waals surface area (Å²) in [5.74, 6) is 0. The largest absolute Gasteiger partial charge is 0.352 e. The summed E-state index contributed by atoms with van der Waals surface area (Å²) >= 11 is 5.77. The van der Waals surface area contributed by atoms with Gasteiger partial charge in [-0.25, -0.2) is 0 Å². The lowest BCUT2D eigenvalue weighted by Gasteiger charge is -2.30. The molecule has 5 nitrogen and oxygen atoms in total. The van der Waals surface area contributed by atoms with Gasteiger partial charge in [-0.1, -0.05) is 24.3 Å². The van der Waals surface area contributed by atoms with Crippen molar-refractivity contribution < 1.29 is 0 Å². The Morgan fingerprint density at radius 1 is 1.07 bits per heavy atom. The van der Waals surface area contributed by atoms with Crippen LogP contribution in [0.25, 0.3) is 5.69 Å². The van der Waals surface area contributed by atoms with E-state index in [2.05, 4.69) is 94.3 Å². The van der Waals surface area contributed by atoms with Gasteiger partial charge in [-0.15, -0.1) is 0 Å². The Kier molecular flexibility index (Phi) is 5.65. The molecule has 0 bridgehead atoms. The Morgan fingerprint density at radius 3 is 2.59 bits per heavy atom. The summed E-state index contributed by atoms with van der Waals surface area (Å²) in [7, 11) is 4.18. The Balaban J connectivity index is 1.79. The molecule has 0 aliphatic carbocycles. The zero-order valence-corrected chi connectivity index (χ0v) is 17.9. The maximum absolute atomic E-state index is 5.77. The van der Waals surface area contributed by atoms with E-state index in [0.29, 0.717) is 0 Å². The van der Waals surface area contributed by atoms with Crippen LogP contribution >= 0.6 is 12.2 Å². The summed E-state index contributed by atoms with van der Waals surface area (Å²) in [6.07, 6.45) is 3.98. The fourth-order valence-corrected chi connectivity index (χ4v) is 4.30. The lowest BCUT2D eigenvalue weighted by molar-refractivity contribution is 0.272. The molecule has 6 heteroatoms. The van der Waals surface area contributed by atoms with Crippen LogP contribution in [0.2, 0.25) is 0 Å². The van der Waals surface area contributed by atoms with E-state index in [1.165, 1.54) is 16.9 Å². The van der Waals surface area contributed by atoms with Crippen LogP contribution in [-0.2, 0) is 0 Å². The number of nitrogens with one attached hydrogen (secondary N) is 1. The fraction of sp³-hybridized carbons (Fsp3) is 0.304. The Labute approximate surface area is 178 Å². The number of benzene rings is 1. The number of hydrogen-bond acceptors (Lipinski definition) is 3. The number of likely N-dealkylation sites (N-methyl/N-ethyl adjacent to an activating group) is 1. The van der Waals surface area contributed by atoms with Gasteiger partial charge < -0.3 is 19.7 Å². The second kappa shape index (κ2) is 8.35. The van der Waals surface area contributed by atoms with Crippen molar-refractivity contribution in [3.8, 4) is 5.69 Å². The predicted molar refractivity (Wildman–Crippen MR) is 121 cm³/mol. The number of para-hydroxylation sites is 1. The molecule has 2 aromatic heterocycles. The van der Waals surface area contributed by atoms with Gasteiger partial charge in [0.15, 0.2) is 5.11 Å². The molecule has 150 valence electrons. The van der Waals surface area contributed by atoms with Gasteiger partial charge in [0.05, 0.1) is 17.8 Å². The zero-order chi connectivity index (χ0) is 20.4. The third-order valence-corrected chi connectivity index (χ3v) is 5.80. The van der Waals surface area contributed by atoms with Crippen LogP contribution < -0.4 is 5.32 Å². The number of nitrogens with zero attached hydrogens (tertiary/aromatic N) is 4. The van der Waals surface area contributed by atoms with E-state index in [-0.39, 0.29) is 12.1 Å². The van der Waals surface area contributed by atoms with Crippen LogP contribution in [0.4, 0.5) is 0 Å². The van der Waals surface area contributed by atoms with Crippen molar-refractivity contribution in [2.24, 2.45) is 0 Å². The van der Waals surface area contributed by atoms with E-state index < -0.39 is 0 Å². The molecular weight excluding hydrogens is 378 g/mol. The van der Waals surface area contributed by atoms with Crippen LogP contribution in [-0.4, -0.2) is 51.6 Å². The van der Waals surface area contributed by atoms with E-state index in [0.717, 1.165) is 23.9 Å². The molecule has 2 atom stereocenters. The monoisotopic (exact) mass is 405 g/mol. The SMILES string of the molecule is Cc1ccccc1-n1cccc1[C@H]1[C@H](c2ccccn2)NC(=S)N1CCN(C)C. The molecule has 3 aromatic rings. The van der Waals surface area contributed by atoms with E-state index in [9.17, 15) is 0 Å². The van der Waals surface area contributed by atoms with Gasteiger partial charge in [0.25, 0.3) is 0 Å². The highest BCUT2D eigenvalue weighted by atomic mass is 32.1. The lowest BCUT2D eigenvalue weighted by Crippen LogP contribution is -2.36. The first-order valence-electron chi connectivity index (χ1n) is 9.92. The number of rotatable bonds is 6. The van der Waals surface area contributed by atoms with E-state index >= 15 is 0 Å². The van der Waals surface area contributed by atoms with Crippen molar-refractivity contribution in [1.29, 1.82) is 0 Å². The molecule has 0 unspecified atom stereocenters. The molecule has 0 radical (unpaired) electrons. The first kappa shape index (κ1) is 19.6. The molecule has 3 heterocycles. The minimum Gasteiger partial charge on any atom is -0.352 e. The summed E-state index contributed by atoms with van der Waals surface area (Å²) in [4.78, 5) is 9.13. The van der Waals surface area contributed by atoms with Crippen molar-refractivity contribution in [2.45, 2.75) is 19.0 Å². The standard InChI is InChI=1S/C23H27N5S/c1-17-9-4-5-11-19(17)27-14-8-12-20(27)22-21(18-10-6-7-13-24-18)25-23(29)28(22)16-15-26(2)3/h4-14,21-22H,15-16H2,1-3H3,(H,25,29)/t21-,22-/m0/s1. The topological polar surface area (TPSA) is 36.3 Å². The highest BCUT2D eigenvalue weighted by Gasteiger charge is 2.41. The highest BCUT2D eigenvalue weighted by Crippen LogP contribution is 2.39. The Hall–Kier alpha value is -2.70. The number of aromatic nitrogens is 2. The second-order valence-electron chi connectivity index (χ2n) is 7.71. The number of hydrogen-bond donors (Lipinski definition) is 1. The maximum atomic E-state index is 5.77. The molecule has 1 aliphatic heterocycles. The summed E-state index contributed by atoms with van der Waals surface area (Å²) in [6.45, 7) is 3.93. The van der Waals surface area contributed by atoms with Gasteiger partial charge >= 0.3 is 0 Å². The minimum atomic E-state index is 0.00327. The third-order valence-electron chi connectivity index (χ3n) is 5.44. The summed E-state index contributed by atoms with van der Waals surface area (Å²) < 4.78 is 2.29. The van der Waals surface area contributed by atoms with Crippen LogP contribution in [0.5, 0.6) is 0 Å². The van der Waals surface area contributed by atoms with Crippen LogP contribution in [0.3, 0.4) is 0 Å². The Bertz CT molecular complexity index is 982. The van der Waals surface area contributed by atoms with Gasteiger partial charge in [0.1, 0.15) is 0 Å². The van der Waals surface area contributed by atoms with Crippen molar-refractivity contribution >= 4 is 17.3 Å². The van der Waals surface area contributed by atoms with Gasteiger partial charge in [-0.05, 0) is 69.1 Å². The Morgan fingerprint density at radius 2 is 1.86 bits per heavy atom. The van der Waals surface area contributed by atoms with Gasteiger partial charge in [0, 0.05) is 36.9 Å². The van der Waals surface area contributed by atoms with Crippen LogP contribution in [0.1, 0.15) is 29.0 Å². The van der Waals surface area contributed by atoms with Crippen molar-refractivity contribution in [3.63, 3.8) is 0 Å². The molecule has 1 aromatic carbocycles. The molecule has 0 spiro atoms. The number of thiocarbonyl (C=S) groups is 1. The average Bonchev–Trinajstić information content (AvgIpc) is 3.31. The first-order valence-corrected chi connectivity index (χ1v) is 10.3. The van der Waals surface area contributed by atoms with Crippen molar-refractivity contribution in [2.75, 3.05) is 27.2 Å². The highest BCUT2D eigenvalue weighted by molar-refractivity contribution is 7.80. The maximum Gasteiger partial charge on any atom is 0.170 e. The van der Waals surface area contributed by atoms with Gasteiger partial charge in [0.2, 0.25) is 0 Å². The van der Waals surface area contributed by atoms with E-state index in [1.807, 2.05) is 18.3 Å². The fourth-order valence-electron chi connectivity index (χ4n) is 3.96. The molecule has 4 rings (SSSR count). The van der Waals surface area contributed by atoms with Crippen LogP contribution in [0.15, 0.2) is 67.0 Å². The van der Waals surface area contributed by atoms with Gasteiger partial charge in [-0.3, -0.25) is 4.98 Å². The smallest absolute Gasteiger partial charge is 0.170 e. The van der Waals surface area contributed by atoms with Crippen LogP contribution in [0, 0.1) is 6.92 Å². The number of pyridine rings is 1. The van der Waals surface area contributed by atoms with E-state index in [1.54, 1.807) is 0 Å². The molecule has 1 N–H and O–H groups in total. The van der Waals surface area contributed by atoms with E-state index in [4.69, 9.17) is 12.2 Å². The molecule has 1 fully saturated rings. The second-order valence-corrected chi connectivity index (χ2v) is 8.10. The molecule has 1 saturated heterocycles. The summed E-state index contributed by atoms with van der Waals surface area (Å²) in [5.41, 5.74) is 4.65. The van der Waals surface area contributed by atoms with Crippen molar-refractivity contribution in [3.05, 3.63) is 83.9 Å². The molecule has 0 saturated carbocycles. The van der Waals surface area contributed by atoms with Gasteiger partial charge in [-0.2, -0.15) is 0 Å². The molecule has 29 heavy (non-hydrogen) atoms. The summed E-state index contributed by atoms with van der Waals surface area (Å²) in [5, 5.41) is 4.32. The normalized spacial score (nSPS) is 19.0. The van der Waals surface area contributed by atoms with Crippen molar-refractivity contribution in [1.82, 2.24) is 24.7 Å². The predicted octanol–water partition coefficient (Wildman–Crippen LogP) is 3.71. The minimum absolute atomic E-state index is 0.00327. The molecule has 0 amide bonds. The zero-order valence-electron chi connectivity index (χ0n) is 17.1. The summed E-state index contributed by atoms with van der Waals surface area (Å²) in [6, 6.07) is 18.9. The number of aryl methyl sites for hydroxylation is 1. The first-order chi connectivity index (χ1) is 14.1. The third kappa shape index (κ3) is 3.91. The molecular formula is C23H27N5S.